The number of nitrogens with zero attached hydrogens (tertiary/aromatic N) is 1. The van der Waals surface area contributed by atoms with Crippen molar-refractivity contribution in [2.75, 3.05) is 0 Å². The molecule has 2 aromatic rings. The molecule has 1 aromatic heterocycles. The molecule has 13 heavy (non-hydrogen) atoms. The van der Waals surface area contributed by atoms with Crippen LogP contribution in [0.3, 0.4) is 0 Å². The van der Waals surface area contributed by atoms with Crippen LogP contribution in [0.4, 0.5) is 0 Å². The van der Waals surface area contributed by atoms with Gasteiger partial charge in [0.25, 0.3) is 0 Å². The third-order valence-corrected chi connectivity index (χ3v) is 2.79. The smallest absolute Gasteiger partial charge is 0.101 e. The maximum Gasteiger partial charge on any atom is 0.101 e. The second kappa shape index (κ2) is 3.42. The highest BCUT2D eigenvalue weighted by molar-refractivity contribution is 7.13. The molecule has 0 atom stereocenters. The molecule has 0 saturated heterocycles. The molecule has 0 aliphatic heterocycles. The lowest BCUT2D eigenvalue weighted by Crippen LogP contribution is -1.74. The van der Waals surface area contributed by atoms with Crippen LogP contribution in [0.1, 0.15) is 5.56 Å². The van der Waals surface area contributed by atoms with E-state index in [1.807, 2.05) is 41.8 Å². The first-order valence-corrected chi connectivity index (χ1v) is 4.83. The van der Waals surface area contributed by atoms with Crippen LogP contribution in [0.2, 0.25) is 0 Å². The van der Waals surface area contributed by atoms with Crippen LogP contribution in [-0.4, -0.2) is 0 Å². The maximum atomic E-state index is 8.83. The highest BCUT2D eigenvalue weighted by Crippen LogP contribution is 2.28. The van der Waals surface area contributed by atoms with Gasteiger partial charge in [-0.3, -0.25) is 0 Å². The van der Waals surface area contributed by atoms with Gasteiger partial charge in [-0.1, -0.05) is 30.3 Å². The van der Waals surface area contributed by atoms with Crippen molar-refractivity contribution in [3.63, 3.8) is 0 Å². The van der Waals surface area contributed by atoms with Crippen LogP contribution in [0.25, 0.3) is 10.4 Å². The van der Waals surface area contributed by atoms with Gasteiger partial charge in [0, 0.05) is 0 Å². The van der Waals surface area contributed by atoms with Gasteiger partial charge in [0.05, 0.1) is 10.4 Å². The SMILES string of the molecule is N#Cc1ccsc1-c1ccccc1. The minimum Gasteiger partial charge on any atom is -0.192 e. The Morgan fingerprint density at radius 1 is 1.08 bits per heavy atom. The van der Waals surface area contributed by atoms with E-state index < -0.39 is 0 Å². The Morgan fingerprint density at radius 2 is 1.85 bits per heavy atom. The van der Waals surface area contributed by atoms with Crippen molar-refractivity contribution >= 4 is 11.3 Å². The molecule has 0 unspecified atom stereocenters. The molecular formula is C11H7NS. The highest BCUT2D eigenvalue weighted by atomic mass is 32.1. The van der Waals surface area contributed by atoms with Gasteiger partial charge in [0.1, 0.15) is 6.07 Å². The van der Waals surface area contributed by atoms with Crippen molar-refractivity contribution < 1.29 is 0 Å². The van der Waals surface area contributed by atoms with E-state index in [-0.39, 0.29) is 0 Å². The van der Waals surface area contributed by atoms with Gasteiger partial charge in [-0.25, -0.2) is 0 Å². The van der Waals surface area contributed by atoms with Gasteiger partial charge in [0.15, 0.2) is 0 Å². The summed E-state index contributed by atoms with van der Waals surface area (Å²) >= 11 is 1.60. The van der Waals surface area contributed by atoms with Crippen LogP contribution < -0.4 is 0 Å². The minimum absolute atomic E-state index is 0.760. The summed E-state index contributed by atoms with van der Waals surface area (Å²) in [6.07, 6.45) is 0. The summed E-state index contributed by atoms with van der Waals surface area (Å²) in [5.41, 5.74) is 1.88. The normalized spacial score (nSPS) is 9.46. The van der Waals surface area contributed by atoms with Crippen molar-refractivity contribution in [2.24, 2.45) is 0 Å². The fourth-order valence-electron chi connectivity index (χ4n) is 1.21. The molecule has 1 heterocycles. The molecule has 0 N–H and O–H groups in total. The maximum absolute atomic E-state index is 8.83. The highest BCUT2D eigenvalue weighted by Gasteiger charge is 2.04. The van der Waals surface area contributed by atoms with Crippen LogP contribution >= 0.6 is 11.3 Å². The Balaban J connectivity index is 2.54. The van der Waals surface area contributed by atoms with Crippen LogP contribution in [0.5, 0.6) is 0 Å². The summed E-state index contributed by atoms with van der Waals surface area (Å²) in [5, 5.41) is 10.8. The van der Waals surface area contributed by atoms with E-state index in [4.69, 9.17) is 5.26 Å². The Kier molecular flexibility index (Phi) is 2.11. The number of hydrogen-bond donors (Lipinski definition) is 0. The fraction of sp³-hybridized carbons (Fsp3) is 0. The molecule has 62 valence electrons. The average molecular weight is 185 g/mol. The molecule has 0 saturated carbocycles. The van der Waals surface area contributed by atoms with Gasteiger partial charge in [-0.2, -0.15) is 5.26 Å². The topological polar surface area (TPSA) is 23.8 Å². The number of nitriles is 1. The fourth-order valence-corrected chi connectivity index (χ4v) is 2.06. The van der Waals surface area contributed by atoms with E-state index in [1.54, 1.807) is 11.3 Å². The summed E-state index contributed by atoms with van der Waals surface area (Å²) in [6.45, 7) is 0. The van der Waals surface area contributed by atoms with Gasteiger partial charge in [-0.05, 0) is 17.0 Å². The Bertz CT molecular complexity index is 437. The van der Waals surface area contributed by atoms with E-state index in [1.165, 1.54) is 0 Å². The molecule has 0 aliphatic rings. The lowest BCUT2D eigenvalue weighted by Gasteiger charge is -1.96. The monoisotopic (exact) mass is 185 g/mol. The van der Waals surface area contributed by atoms with E-state index in [0.29, 0.717) is 0 Å². The molecule has 2 rings (SSSR count). The summed E-state index contributed by atoms with van der Waals surface area (Å²) in [6, 6.07) is 14.0. The number of hydrogen-bond acceptors (Lipinski definition) is 2. The van der Waals surface area contributed by atoms with Crippen LogP contribution in [0, 0.1) is 11.3 Å². The predicted molar refractivity (Wildman–Crippen MR) is 54.5 cm³/mol. The zero-order valence-corrected chi connectivity index (χ0v) is 7.71. The van der Waals surface area contributed by atoms with Gasteiger partial charge in [-0.15, -0.1) is 11.3 Å². The third kappa shape index (κ3) is 1.47. The van der Waals surface area contributed by atoms with Crippen molar-refractivity contribution in [3.8, 4) is 16.5 Å². The van der Waals surface area contributed by atoms with E-state index in [9.17, 15) is 0 Å². The van der Waals surface area contributed by atoms with Crippen LogP contribution in [-0.2, 0) is 0 Å². The molecule has 0 radical (unpaired) electrons. The predicted octanol–water partition coefficient (Wildman–Crippen LogP) is 3.29. The Morgan fingerprint density at radius 3 is 2.54 bits per heavy atom. The first-order valence-electron chi connectivity index (χ1n) is 3.95. The molecule has 1 nitrogen and oxygen atoms in total. The molecule has 0 aliphatic carbocycles. The molecular weight excluding hydrogens is 178 g/mol. The van der Waals surface area contributed by atoms with Crippen molar-refractivity contribution in [1.82, 2.24) is 0 Å². The first kappa shape index (κ1) is 8.03. The van der Waals surface area contributed by atoms with Gasteiger partial charge in [0.2, 0.25) is 0 Å². The number of benzene rings is 1. The van der Waals surface area contributed by atoms with Crippen molar-refractivity contribution in [1.29, 1.82) is 5.26 Å². The number of rotatable bonds is 1. The van der Waals surface area contributed by atoms with Crippen LogP contribution in [0.15, 0.2) is 41.8 Å². The quantitative estimate of drug-likeness (QED) is 0.668. The lowest BCUT2D eigenvalue weighted by atomic mass is 10.1. The molecule has 0 amide bonds. The molecule has 2 heteroatoms. The lowest BCUT2D eigenvalue weighted by molar-refractivity contribution is 1.50. The van der Waals surface area contributed by atoms with Gasteiger partial charge >= 0.3 is 0 Å². The summed E-state index contributed by atoms with van der Waals surface area (Å²) < 4.78 is 0. The minimum atomic E-state index is 0.760. The summed E-state index contributed by atoms with van der Waals surface area (Å²) in [5.74, 6) is 0. The van der Waals surface area contributed by atoms with E-state index in [2.05, 4.69) is 6.07 Å². The first-order chi connectivity index (χ1) is 6.42. The van der Waals surface area contributed by atoms with Crippen molar-refractivity contribution in [3.05, 3.63) is 47.3 Å². The third-order valence-electron chi connectivity index (χ3n) is 1.82. The second-order valence-corrected chi connectivity index (χ2v) is 3.56. The Hall–Kier alpha value is -1.59. The molecule has 0 spiro atoms. The van der Waals surface area contributed by atoms with Gasteiger partial charge < -0.3 is 0 Å². The Labute approximate surface area is 80.9 Å². The average Bonchev–Trinajstić information content (AvgIpc) is 2.67. The molecule has 1 aromatic carbocycles. The van der Waals surface area contributed by atoms with E-state index >= 15 is 0 Å². The number of thiophene rings is 1. The van der Waals surface area contributed by atoms with E-state index in [0.717, 1.165) is 16.0 Å². The standard InChI is InChI=1S/C11H7NS/c12-8-10-6-7-13-11(10)9-4-2-1-3-5-9/h1-7H. The zero-order chi connectivity index (χ0) is 9.10. The van der Waals surface area contributed by atoms with Crippen molar-refractivity contribution in [2.45, 2.75) is 0 Å². The summed E-state index contributed by atoms with van der Waals surface area (Å²) in [4.78, 5) is 1.06. The largest absolute Gasteiger partial charge is 0.192 e. The molecule has 0 fully saturated rings. The molecule has 0 bridgehead atoms. The summed E-state index contributed by atoms with van der Waals surface area (Å²) in [7, 11) is 0. The second-order valence-electron chi connectivity index (χ2n) is 2.64. The zero-order valence-electron chi connectivity index (χ0n) is 6.90.